The number of rotatable bonds is 6. The number of nitrogen functional groups attached to an aromatic ring is 1. The van der Waals surface area contributed by atoms with Gasteiger partial charge in [0.1, 0.15) is 0 Å². The Hall–Kier alpha value is -1.11. The van der Waals surface area contributed by atoms with E-state index in [9.17, 15) is 13.5 Å². The van der Waals surface area contributed by atoms with Crippen molar-refractivity contribution in [1.29, 1.82) is 0 Å². The molecule has 96 valence electrons. The highest BCUT2D eigenvalue weighted by atomic mass is 32.2. The van der Waals surface area contributed by atoms with Gasteiger partial charge in [-0.15, -0.1) is 0 Å². The molecule has 0 aromatic heterocycles. The molecule has 4 N–H and O–H groups in total. The Balaban J connectivity index is 2.64. The van der Waals surface area contributed by atoms with Crippen molar-refractivity contribution in [2.75, 3.05) is 12.3 Å². The summed E-state index contributed by atoms with van der Waals surface area (Å²) in [5, 5.41) is 9.29. The molecule has 6 heteroatoms. The maximum absolute atomic E-state index is 11.7. The van der Waals surface area contributed by atoms with Crippen LogP contribution < -0.4 is 10.5 Å². The zero-order chi connectivity index (χ0) is 12.9. The van der Waals surface area contributed by atoms with Gasteiger partial charge in [-0.1, -0.05) is 25.1 Å². The number of hydrogen-bond acceptors (Lipinski definition) is 4. The molecule has 1 unspecified atom stereocenters. The summed E-state index contributed by atoms with van der Waals surface area (Å²) in [6.45, 7) is 1.82. The predicted octanol–water partition coefficient (Wildman–Crippen LogP) is 0.459. The molecule has 0 radical (unpaired) electrons. The van der Waals surface area contributed by atoms with Crippen LogP contribution in [-0.2, 0) is 15.8 Å². The summed E-state index contributed by atoms with van der Waals surface area (Å²) >= 11 is 0. The lowest BCUT2D eigenvalue weighted by Gasteiger charge is -2.11. The van der Waals surface area contributed by atoms with Crippen LogP contribution in [0.5, 0.6) is 0 Å². The van der Waals surface area contributed by atoms with Gasteiger partial charge in [0, 0.05) is 12.2 Å². The highest BCUT2D eigenvalue weighted by Gasteiger charge is 2.14. The van der Waals surface area contributed by atoms with E-state index < -0.39 is 16.1 Å². The van der Waals surface area contributed by atoms with Gasteiger partial charge in [-0.05, 0) is 18.1 Å². The first-order valence-electron chi connectivity index (χ1n) is 5.43. The molecular weight excluding hydrogens is 240 g/mol. The average molecular weight is 258 g/mol. The van der Waals surface area contributed by atoms with Crippen LogP contribution in [0.4, 0.5) is 5.69 Å². The zero-order valence-corrected chi connectivity index (χ0v) is 10.6. The minimum atomic E-state index is -3.45. The molecule has 0 aliphatic rings. The third-order valence-corrected chi connectivity index (χ3v) is 3.71. The lowest BCUT2D eigenvalue weighted by Crippen LogP contribution is -2.32. The first-order valence-corrected chi connectivity index (χ1v) is 7.08. The van der Waals surface area contributed by atoms with Crippen molar-refractivity contribution in [3.8, 4) is 0 Å². The van der Waals surface area contributed by atoms with Gasteiger partial charge in [0.25, 0.3) is 0 Å². The number of benzene rings is 1. The van der Waals surface area contributed by atoms with E-state index in [2.05, 4.69) is 4.72 Å². The average Bonchev–Trinajstić information content (AvgIpc) is 2.29. The number of para-hydroxylation sites is 1. The van der Waals surface area contributed by atoms with Crippen molar-refractivity contribution in [3.63, 3.8) is 0 Å². The molecular formula is C11H18N2O3S. The highest BCUT2D eigenvalue weighted by Crippen LogP contribution is 2.13. The molecule has 1 aromatic rings. The molecule has 0 spiro atoms. The van der Waals surface area contributed by atoms with E-state index in [1.807, 2.05) is 0 Å². The molecule has 1 atom stereocenters. The van der Waals surface area contributed by atoms with E-state index in [0.717, 1.165) is 0 Å². The first-order chi connectivity index (χ1) is 7.94. The number of sulfonamides is 1. The fourth-order valence-corrected chi connectivity index (χ4v) is 2.51. The molecule has 5 nitrogen and oxygen atoms in total. The minimum absolute atomic E-state index is 0.0333. The summed E-state index contributed by atoms with van der Waals surface area (Å²) in [6, 6.07) is 6.82. The van der Waals surface area contributed by atoms with Crippen molar-refractivity contribution >= 4 is 15.7 Å². The normalized spacial score (nSPS) is 13.5. The van der Waals surface area contributed by atoms with Crippen LogP contribution in [0.3, 0.4) is 0 Å². The molecule has 0 saturated heterocycles. The summed E-state index contributed by atoms with van der Waals surface area (Å²) in [5.41, 5.74) is 6.68. The van der Waals surface area contributed by atoms with Crippen molar-refractivity contribution in [2.24, 2.45) is 0 Å². The Kier molecular flexibility index (Phi) is 4.92. The third-order valence-electron chi connectivity index (χ3n) is 2.41. The van der Waals surface area contributed by atoms with Gasteiger partial charge in [-0.2, -0.15) is 0 Å². The Labute approximate surface area is 102 Å². The number of aliphatic hydroxyl groups excluding tert-OH is 1. The minimum Gasteiger partial charge on any atom is -0.398 e. The molecule has 0 saturated carbocycles. The van der Waals surface area contributed by atoms with Crippen LogP contribution >= 0.6 is 0 Å². The standard InChI is InChI=1S/C11H18N2O3S/c1-2-10(14)7-13-17(15,16)8-9-5-3-4-6-11(9)12/h3-6,10,13-14H,2,7-8,12H2,1H3. The first kappa shape index (κ1) is 14.0. The lowest BCUT2D eigenvalue weighted by atomic mass is 10.2. The Morgan fingerprint density at radius 2 is 2.06 bits per heavy atom. The van der Waals surface area contributed by atoms with E-state index in [4.69, 9.17) is 5.73 Å². The second-order valence-electron chi connectivity index (χ2n) is 3.87. The number of nitrogens with two attached hydrogens (primary N) is 1. The molecule has 1 rings (SSSR count). The van der Waals surface area contributed by atoms with Gasteiger partial charge in [0.15, 0.2) is 0 Å². The fourth-order valence-electron chi connectivity index (χ4n) is 1.29. The van der Waals surface area contributed by atoms with E-state index in [0.29, 0.717) is 17.7 Å². The number of anilines is 1. The summed E-state index contributed by atoms with van der Waals surface area (Å²) in [7, 11) is -3.45. The second-order valence-corrected chi connectivity index (χ2v) is 5.68. The van der Waals surface area contributed by atoms with Crippen LogP contribution in [0.2, 0.25) is 0 Å². The smallest absolute Gasteiger partial charge is 0.215 e. The number of nitrogens with one attached hydrogen (secondary N) is 1. The topological polar surface area (TPSA) is 92.4 Å². The van der Waals surface area contributed by atoms with Crippen molar-refractivity contribution in [1.82, 2.24) is 4.72 Å². The van der Waals surface area contributed by atoms with Gasteiger partial charge in [0.05, 0.1) is 11.9 Å². The molecule has 17 heavy (non-hydrogen) atoms. The van der Waals surface area contributed by atoms with Gasteiger partial charge in [-0.25, -0.2) is 13.1 Å². The Morgan fingerprint density at radius 3 is 2.65 bits per heavy atom. The van der Waals surface area contributed by atoms with Crippen molar-refractivity contribution in [2.45, 2.75) is 25.2 Å². The summed E-state index contributed by atoms with van der Waals surface area (Å²) < 4.78 is 25.7. The molecule has 0 amide bonds. The van der Waals surface area contributed by atoms with Crippen LogP contribution in [0.1, 0.15) is 18.9 Å². The third kappa shape index (κ3) is 4.72. The van der Waals surface area contributed by atoms with Gasteiger partial charge in [-0.3, -0.25) is 0 Å². The van der Waals surface area contributed by atoms with Crippen molar-refractivity contribution < 1.29 is 13.5 Å². The van der Waals surface area contributed by atoms with Gasteiger partial charge >= 0.3 is 0 Å². The molecule has 0 aliphatic carbocycles. The lowest BCUT2D eigenvalue weighted by molar-refractivity contribution is 0.174. The largest absolute Gasteiger partial charge is 0.398 e. The fraction of sp³-hybridized carbons (Fsp3) is 0.455. The van der Waals surface area contributed by atoms with E-state index >= 15 is 0 Å². The molecule has 0 heterocycles. The highest BCUT2D eigenvalue weighted by molar-refractivity contribution is 7.88. The molecule has 0 aliphatic heterocycles. The Bertz CT molecular complexity index is 460. The Morgan fingerprint density at radius 1 is 1.41 bits per heavy atom. The van der Waals surface area contributed by atoms with E-state index in [1.54, 1.807) is 31.2 Å². The van der Waals surface area contributed by atoms with E-state index in [-0.39, 0.29) is 12.3 Å². The molecule has 0 fully saturated rings. The van der Waals surface area contributed by atoms with Crippen LogP contribution in [0.15, 0.2) is 24.3 Å². The quantitative estimate of drug-likeness (QED) is 0.646. The van der Waals surface area contributed by atoms with Crippen molar-refractivity contribution in [3.05, 3.63) is 29.8 Å². The summed E-state index contributed by atoms with van der Waals surface area (Å²) in [5.74, 6) is -0.171. The van der Waals surface area contributed by atoms with Crippen LogP contribution in [0.25, 0.3) is 0 Å². The maximum Gasteiger partial charge on any atom is 0.215 e. The SMILES string of the molecule is CCC(O)CNS(=O)(=O)Cc1ccccc1N. The van der Waals surface area contributed by atoms with Crippen LogP contribution in [-0.4, -0.2) is 26.2 Å². The summed E-state index contributed by atoms with van der Waals surface area (Å²) in [6.07, 6.45) is -0.145. The second kappa shape index (κ2) is 6.00. The summed E-state index contributed by atoms with van der Waals surface area (Å²) in [4.78, 5) is 0. The van der Waals surface area contributed by atoms with Crippen LogP contribution in [0, 0.1) is 0 Å². The zero-order valence-electron chi connectivity index (χ0n) is 9.76. The molecule has 0 bridgehead atoms. The van der Waals surface area contributed by atoms with E-state index in [1.165, 1.54) is 0 Å². The predicted molar refractivity (Wildman–Crippen MR) is 67.8 cm³/mol. The monoisotopic (exact) mass is 258 g/mol. The number of hydrogen-bond donors (Lipinski definition) is 3. The molecule has 1 aromatic carbocycles. The number of aliphatic hydroxyl groups is 1. The van der Waals surface area contributed by atoms with Gasteiger partial charge in [0.2, 0.25) is 10.0 Å². The van der Waals surface area contributed by atoms with Gasteiger partial charge < -0.3 is 10.8 Å². The maximum atomic E-state index is 11.7.